The molecule has 1 aliphatic rings. The summed E-state index contributed by atoms with van der Waals surface area (Å²) >= 11 is 1.51. The minimum Gasteiger partial charge on any atom is -0.480 e. The van der Waals surface area contributed by atoms with Gasteiger partial charge in [-0.1, -0.05) is 6.92 Å². The van der Waals surface area contributed by atoms with Gasteiger partial charge >= 0.3 is 5.97 Å². The summed E-state index contributed by atoms with van der Waals surface area (Å²) in [6.07, 6.45) is 1.51. The zero-order valence-corrected chi connectivity index (χ0v) is 11.1. The Bertz CT molecular complexity index is 298. The molecule has 0 saturated carbocycles. The van der Waals surface area contributed by atoms with Crippen LogP contribution in [-0.4, -0.2) is 45.6 Å². The van der Waals surface area contributed by atoms with Crippen molar-refractivity contribution in [3.8, 4) is 0 Å². The topological polar surface area (TPSA) is 83.6 Å². The maximum atomic E-state index is 12.2. The predicted octanol–water partition coefficient (Wildman–Crippen LogP) is 0.736. The van der Waals surface area contributed by atoms with Crippen molar-refractivity contribution in [3.05, 3.63) is 0 Å². The van der Waals surface area contributed by atoms with E-state index < -0.39 is 12.0 Å². The SMILES string of the molecule is CC(CCCN)C(=O)N1C(C)SCC1C(=O)O. The van der Waals surface area contributed by atoms with Crippen LogP contribution in [0.5, 0.6) is 0 Å². The summed E-state index contributed by atoms with van der Waals surface area (Å²) < 4.78 is 0. The van der Waals surface area contributed by atoms with Gasteiger partial charge in [0.2, 0.25) is 5.91 Å². The molecule has 5 nitrogen and oxygen atoms in total. The van der Waals surface area contributed by atoms with Crippen LogP contribution in [0, 0.1) is 5.92 Å². The van der Waals surface area contributed by atoms with Crippen molar-refractivity contribution in [2.24, 2.45) is 11.7 Å². The van der Waals surface area contributed by atoms with Crippen molar-refractivity contribution in [3.63, 3.8) is 0 Å². The molecule has 0 aromatic heterocycles. The van der Waals surface area contributed by atoms with E-state index in [9.17, 15) is 9.59 Å². The minimum atomic E-state index is -0.916. The van der Waals surface area contributed by atoms with Crippen LogP contribution >= 0.6 is 11.8 Å². The highest BCUT2D eigenvalue weighted by molar-refractivity contribution is 8.00. The van der Waals surface area contributed by atoms with Crippen LogP contribution in [0.25, 0.3) is 0 Å². The van der Waals surface area contributed by atoms with Gasteiger partial charge in [-0.25, -0.2) is 4.79 Å². The molecular formula is C11H20N2O3S. The molecule has 0 bridgehead atoms. The molecule has 98 valence electrons. The zero-order valence-electron chi connectivity index (χ0n) is 10.3. The van der Waals surface area contributed by atoms with Crippen LogP contribution in [0.15, 0.2) is 0 Å². The molecule has 1 aliphatic heterocycles. The molecule has 0 spiro atoms. The summed E-state index contributed by atoms with van der Waals surface area (Å²) in [6, 6.07) is -0.678. The quantitative estimate of drug-likeness (QED) is 0.761. The highest BCUT2D eigenvalue weighted by Gasteiger charge is 2.40. The van der Waals surface area contributed by atoms with E-state index in [-0.39, 0.29) is 17.2 Å². The molecule has 3 unspecified atom stereocenters. The normalized spacial score (nSPS) is 25.9. The molecule has 1 rings (SSSR count). The third kappa shape index (κ3) is 3.35. The second-order valence-electron chi connectivity index (χ2n) is 4.36. The molecule has 0 aromatic carbocycles. The summed E-state index contributed by atoms with van der Waals surface area (Å²) in [6.45, 7) is 4.28. The number of carboxylic acids is 1. The lowest BCUT2D eigenvalue weighted by molar-refractivity contribution is -0.150. The second-order valence-corrected chi connectivity index (χ2v) is 5.71. The van der Waals surface area contributed by atoms with E-state index in [2.05, 4.69) is 0 Å². The summed E-state index contributed by atoms with van der Waals surface area (Å²) in [5, 5.41) is 9.03. The van der Waals surface area contributed by atoms with Crippen LogP contribution in [0.2, 0.25) is 0 Å². The van der Waals surface area contributed by atoms with Crippen molar-refractivity contribution in [1.82, 2.24) is 4.90 Å². The molecular weight excluding hydrogens is 240 g/mol. The zero-order chi connectivity index (χ0) is 13.0. The lowest BCUT2D eigenvalue weighted by Gasteiger charge is -2.28. The summed E-state index contributed by atoms with van der Waals surface area (Å²) in [7, 11) is 0. The number of thioether (sulfide) groups is 1. The third-order valence-corrected chi connectivity index (χ3v) is 4.24. The van der Waals surface area contributed by atoms with Crippen LogP contribution < -0.4 is 5.73 Å². The van der Waals surface area contributed by atoms with E-state index in [1.165, 1.54) is 16.7 Å². The van der Waals surface area contributed by atoms with Gasteiger partial charge in [0.1, 0.15) is 6.04 Å². The Morgan fingerprint density at radius 1 is 1.59 bits per heavy atom. The van der Waals surface area contributed by atoms with Crippen molar-refractivity contribution < 1.29 is 14.7 Å². The van der Waals surface area contributed by atoms with Gasteiger partial charge in [-0.3, -0.25) is 4.79 Å². The first-order valence-corrected chi connectivity index (χ1v) is 6.90. The molecule has 6 heteroatoms. The van der Waals surface area contributed by atoms with Crippen molar-refractivity contribution in [2.45, 2.75) is 38.1 Å². The smallest absolute Gasteiger partial charge is 0.327 e. The number of carbonyl (C=O) groups excluding carboxylic acids is 1. The molecule has 1 amide bonds. The van der Waals surface area contributed by atoms with E-state index in [1.54, 1.807) is 0 Å². The van der Waals surface area contributed by atoms with Crippen LogP contribution in [0.4, 0.5) is 0 Å². The number of hydrogen-bond donors (Lipinski definition) is 2. The number of carbonyl (C=O) groups is 2. The molecule has 3 N–H and O–H groups in total. The maximum absolute atomic E-state index is 12.2. The lowest BCUT2D eigenvalue weighted by Crippen LogP contribution is -2.47. The van der Waals surface area contributed by atoms with Gasteiger partial charge in [0.05, 0.1) is 5.37 Å². The molecule has 0 aromatic rings. The molecule has 0 aliphatic carbocycles. The van der Waals surface area contributed by atoms with Crippen molar-refractivity contribution >= 4 is 23.6 Å². The van der Waals surface area contributed by atoms with Gasteiger partial charge in [-0.2, -0.15) is 0 Å². The second kappa shape index (κ2) is 6.26. The van der Waals surface area contributed by atoms with E-state index >= 15 is 0 Å². The van der Waals surface area contributed by atoms with Crippen molar-refractivity contribution in [2.75, 3.05) is 12.3 Å². The number of hydrogen-bond acceptors (Lipinski definition) is 4. The molecule has 1 saturated heterocycles. The fourth-order valence-corrected chi connectivity index (χ4v) is 3.14. The Balaban J connectivity index is 2.68. The van der Waals surface area contributed by atoms with Gasteiger partial charge < -0.3 is 15.7 Å². The first-order valence-electron chi connectivity index (χ1n) is 5.85. The fraction of sp³-hybridized carbons (Fsp3) is 0.818. The predicted molar refractivity (Wildman–Crippen MR) is 67.6 cm³/mol. The van der Waals surface area contributed by atoms with E-state index in [0.717, 1.165) is 12.8 Å². The molecule has 0 radical (unpaired) electrons. The van der Waals surface area contributed by atoms with Crippen LogP contribution in [0.3, 0.4) is 0 Å². The van der Waals surface area contributed by atoms with E-state index in [0.29, 0.717) is 12.3 Å². The standard InChI is InChI=1S/C11H20N2O3S/c1-7(4-3-5-12)10(14)13-8(2)17-6-9(13)11(15)16/h7-9H,3-6,12H2,1-2H3,(H,15,16). The highest BCUT2D eigenvalue weighted by atomic mass is 32.2. The number of aliphatic carboxylic acids is 1. The van der Waals surface area contributed by atoms with Gasteiger partial charge in [0.25, 0.3) is 0 Å². The largest absolute Gasteiger partial charge is 0.480 e. The average molecular weight is 260 g/mol. The molecule has 3 atom stereocenters. The first kappa shape index (κ1) is 14.3. The highest BCUT2D eigenvalue weighted by Crippen LogP contribution is 2.30. The Labute approximate surface area is 106 Å². The van der Waals surface area contributed by atoms with Gasteiger partial charge in [0, 0.05) is 11.7 Å². The summed E-state index contributed by atoms with van der Waals surface area (Å²) in [4.78, 5) is 24.8. The lowest BCUT2D eigenvalue weighted by atomic mass is 10.0. The Hall–Kier alpha value is -0.750. The van der Waals surface area contributed by atoms with Crippen LogP contribution in [0.1, 0.15) is 26.7 Å². The van der Waals surface area contributed by atoms with Gasteiger partial charge in [0.15, 0.2) is 0 Å². The Kier molecular flexibility index (Phi) is 5.27. The summed E-state index contributed by atoms with van der Waals surface area (Å²) in [5.74, 6) is -0.655. The number of carboxylic acid groups (broad SMARTS) is 1. The van der Waals surface area contributed by atoms with E-state index in [4.69, 9.17) is 10.8 Å². The van der Waals surface area contributed by atoms with Crippen LogP contribution in [-0.2, 0) is 9.59 Å². The third-order valence-electron chi connectivity index (χ3n) is 3.03. The summed E-state index contributed by atoms with van der Waals surface area (Å²) in [5.41, 5.74) is 5.41. The van der Waals surface area contributed by atoms with Gasteiger partial charge in [-0.15, -0.1) is 11.8 Å². The first-order chi connectivity index (χ1) is 7.99. The molecule has 1 heterocycles. The van der Waals surface area contributed by atoms with Gasteiger partial charge in [-0.05, 0) is 26.3 Å². The number of nitrogens with two attached hydrogens (primary N) is 1. The van der Waals surface area contributed by atoms with E-state index in [1.807, 2.05) is 13.8 Å². The number of amides is 1. The minimum absolute atomic E-state index is 0.0519. The Morgan fingerprint density at radius 3 is 2.76 bits per heavy atom. The maximum Gasteiger partial charge on any atom is 0.327 e. The Morgan fingerprint density at radius 2 is 2.24 bits per heavy atom. The average Bonchev–Trinajstić information content (AvgIpc) is 2.67. The monoisotopic (exact) mass is 260 g/mol. The molecule has 1 fully saturated rings. The van der Waals surface area contributed by atoms with Crippen molar-refractivity contribution in [1.29, 1.82) is 0 Å². The number of rotatable bonds is 5. The fourth-order valence-electron chi connectivity index (χ4n) is 1.97. The number of nitrogens with zero attached hydrogens (tertiary/aromatic N) is 1. The molecule has 17 heavy (non-hydrogen) atoms.